The van der Waals surface area contributed by atoms with Gasteiger partial charge in [-0.3, -0.25) is 0 Å². The Labute approximate surface area is 136 Å². The Bertz CT molecular complexity index is 532. The number of aromatic nitrogens is 1. The molecular formula is C16H25N3S2. The van der Waals surface area contributed by atoms with Crippen LogP contribution in [-0.4, -0.2) is 18.6 Å². The Kier molecular flexibility index (Phi) is 6.21. The van der Waals surface area contributed by atoms with Crippen molar-refractivity contribution in [2.24, 2.45) is 5.92 Å². The number of nitrogens with zero attached hydrogens (tertiary/aromatic N) is 2. The van der Waals surface area contributed by atoms with Gasteiger partial charge in [-0.2, -0.15) is 0 Å². The minimum Gasteiger partial charge on any atom is -0.346 e. The summed E-state index contributed by atoms with van der Waals surface area (Å²) in [6, 6.07) is 4.29. The van der Waals surface area contributed by atoms with Gasteiger partial charge in [0.05, 0.1) is 12.2 Å². The second-order valence-electron chi connectivity index (χ2n) is 5.68. The number of anilines is 1. The number of rotatable bonds is 8. The topological polar surface area (TPSA) is 28.2 Å². The Morgan fingerprint density at radius 1 is 1.38 bits per heavy atom. The van der Waals surface area contributed by atoms with Crippen LogP contribution in [0.2, 0.25) is 0 Å². The molecule has 0 atom stereocenters. The van der Waals surface area contributed by atoms with Gasteiger partial charge < -0.3 is 10.2 Å². The van der Waals surface area contributed by atoms with Gasteiger partial charge in [-0.05, 0) is 30.3 Å². The van der Waals surface area contributed by atoms with Crippen molar-refractivity contribution in [2.45, 2.75) is 40.3 Å². The molecule has 0 aliphatic rings. The summed E-state index contributed by atoms with van der Waals surface area (Å²) in [6.45, 7) is 9.59. The summed E-state index contributed by atoms with van der Waals surface area (Å²) in [7, 11) is 2.13. The number of aryl methyl sites for hydroxylation is 1. The summed E-state index contributed by atoms with van der Waals surface area (Å²) >= 11 is 3.63. The molecule has 3 nitrogen and oxygen atoms in total. The highest BCUT2D eigenvalue weighted by Crippen LogP contribution is 2.27. The van der Waals surface area contributed by atoms with Crippen LogP contribution < -0.4 is 10.2 Å². The van der Waals surface area contributed by atoms with E-state index in [0.717, 1.165) is 31.2 Å². The van der Waals surface area contributed by atoms with E-state index < -0.39 is 0 Å². The number of thiazole rings is 1. The maximum absolute atomic E-state index is 4.82. The molecule has 21 heavy (non-hydrogen) atoms. The predicted molar refractivity (Wildman–Crippen MR) is 94.5 cm³/mol. The number of thiophene rings is 1. The molecule has 0 spiro atoms. The fourth-order valence-electron chi connectivity index (χ4n) is 2.13. The molecule has 2 heterocycles. The smallest absolute Gasteiger partial charge is 0.185 e. The van der Waals surface area contributed by atoms with E-state index in [9.17, 15) is 0 Å². The average molecular weight is 324 g/mol. The Hall–Kier alpha value is -0.910. The molecule has 0 amide bonds. The van der Waals surface area contributed by atoms with Gasteiger partial charge >= 0.3 is 0 Å². The van der Waals surface area contributed by atoms with Crippen molar-refractivity contribution in [1.82, 2.24) is 10.3 Å². The molecular weight excluding hydrogens is 298 g/mol. The van der Waals surface area contributed by atoms with Gasteiger partial charge in [0.15, 0.2) is 5.13 Å². The van der Waals surface area contributed by atoms with Gasteiger partial charge in [0.25, 0.3) is 0 Å². The quantitative estimate of drug-likeness (QED) is 0.791. The van der Waals surface area contributed by atoms with Gasteiger partial charge in [-0.25, -0.2) is 4.98 Å². The maximum atomic E-state index is 4.82. The lowest BCUT2D eigenvalue weighted by Crippen LogP contribution is -2.19. The molecule has 0 unspecified atom stereocenters. The molecule has 0 fully saturated rings. The standard InChI is InChI=1S/C16H25N3S2/c1-5-14-15(10-17-9-12(2)3)21-16(18-14)19(4)11-13-7-6-8-20-13/h6-8,12,17H,5,9-11H2,1-4H3. The molecule has 2 aromatic heterocycles. The molecule has 2 aromatic rings. The number of hydrogen-bond acceptors (Lipinski definition) is 5. The van der Waals surface area contributed by atoms with E-state index in [-0.39, 0.29) is 0 Å². The van der Waals surface area contributed by atoms with Crippen LogP contribution in [0.4, 0.5) is 5.13 Å². The minimum atomic E-state index is 0.684. The first kappa shape index (κ1) is 16.5. The minimum absolute atomic E-state index is 0.684. The maximum Gasteiger partial charge on any atom is 0.185 e. The summed E-state index contributed by atoms with van der Waals surface area (Å²) in [5, 5.41) is 6.78. The zero-order chi connectivity index (χ0) is 15.2. The Morgan fingerprint density at radius 3 is 2.81 bits per heavy atom. The van der Waals surface area contributed by atoms with Crippen molar-refractivity contribution in [3.63, 3.8) is 0 Å². The van der Waals surface area contributed by atoms with Crippen LogP contribution in [0.3, 0.4) is 0 Å². The highest BCUT2D eigenvalue weighted by Gasteiger charge is 2.13. The first-order valence-electron chi connectivity index (χ1n) is 7.53. The van der Waals surface area contributed by atoms with Crippen LogP contribution in [0.5, 0.6) is 0 Å². The highest BCUT2D eigenvalue weighted by molar-refractivity contribution is 7.15. The summed E-state index contributed by atoms with van der Waals surface area (Å²) in [6.07, 6.45) is 1.00. The van der Waals surface area contributed by atoms with Crippen molar-refractivity contribution in [3.8, 4) is 0 Å². The molecule has 0 aliphatic carbocycles. The fraction of sp³-hybridized carbons (Fsp3) is 0.562. The van der Waals surface area contributed by atoms with E-state index in [1.807, 2.05) is 11.3 Å². The third kappa shape index (κ3) is 4.80. The molecule has 0 saturated carbocycles. The summed E-state index contributed by atoms with van der Waals surface area (Å²) in [5.41, 5.74) is 1.24. The van der Waals surface area contributed by atoms with Crippen molar-refractivity contribution < 1.29 is 0 Å². The zero-order valence-electron chi connectivity index (χ0n) is 13.3. The zero-order valence-corrected chi connectivity index (χ0v) is 15.0. The van der Waals surface area contributed by atoms with Gasteiger partial charge in [0.2, 0.25) is 0 Å². The van der Waals surface area contributed by atoms with Crippen molar-refractivity contribution >= 4 is 27.8 Å². The van der Waals surface area contributed by atoms with Gasteiger partial charge in [0, 0.05) is 23.3 Å². The Balaban J connectivity index is 2.01. The lowest BCUT2D eigenvalue weighted by molar-refractivity contribution is 0.553. The van der Waals surface area contributed by atoms with Crippen LogP contribution in [0, 0.1) is 5.92 Å². The summed E-state index contributed by atoms with van der Waals surface area (Å²) in [5.74, 6) is 0.684. The highest BCUT2D eigenvalue weighted by atomic mass is 32.1. The molecule has 0 aliphatic heterocycles. The largest absolute Gasteiger partial charge is 0.346 e. The van der Waals surface area contributed by atoms with E-state index in [1.165, 1.54) is 15.4 Å². The van der Waals surface area contributed by atoms with Gasteiger partial charge in [0.1, 0.15) is 0 Å². The van der Waals surface area contributed by atoms with E-state index in [2.05, 4.69) is 55.5 Å². The third-order valence-electron chi connectivity index (χ3n) is 3.24. The van der Waals surface area contributed by atoms with Gasteiger partial charge in [-0.1, -0.05) is 26.8 Å². The van der Waals surface area contributed by atoms with E-state index in [1.54, 1.807) is 11.3 Å². The van der Waals surface area contributed by atoms with Crippen molar-refractivity contribution in [3.05, 3.63) is 33.0 Å². The molecule has 0 radical (unpaired) electrons. The van der Waals surface area contributed by atoms with Crippen LogP contribution in [0.15, 0.2) is 17.5 Å². The lowest BCUT2D eigenvalue weighted by Gasteiger charge is -2.14. The molecule has 0 saturated heterocycles. The molecule has 1 N–H and O–H groups in total. The number of hydrogen-bond donors (Lipinski definition) is 1. The normalized spacial score (nSPS) is 11.3. The summed E-state index contributed by atoms with van der Waals surface area (Å²) < 4.78 is 0. The Morgan fingerprint density at radius 2 is 2.19 bits per heavy atom. The first-order valence-corrected chi connectivity index (χ1v) is 9.22. The van der Waals surface area contributed by atoms with Crippen molar-refractivity contribution in [2.75, 3.05) is 18.5 Å². The summed E-state index contributed by atoms with van der Waals surface area (Å²) in [4.78, 5) is 9.83. The monoisotopic (exact) mass is 323 g/mol. The predicted octanol–water partition coefficient (Wildman–Crippen LogP) is 4.15. The second kappa shape index (κ2) is 7.92. The van der Waals surface area contributed by atoms with E-state index in [0.29, 0.717) is 5.92 Å². The third-order valence-corrected chi connectivity index (χ3v) is 5.31. The lowest BCUT2D eigenvalue weighted by atomic mass is 10.2. The first-order chi connectivity index (χ1) is 10.1. The number of nitrogens with one attached hydrogen (secondary N) is 1. The van der Waals surface area contributed by atoms with Crippen LogP contribution in [0.25, 0.3) is 0 Å². The molecule has 0 bridgehead atoms. The van der Waals surface area contributed by atoms with Crippen LogP contribution in [-0.2, 0) is 19.5 Å². The second-order valence-corrected chi connectivity index (χ2v) is 7.77. The van der Waals surface area contributed by atoms with E-state index in [4.69, 9.17) is 4.98 Å². The fourth-order valence-corrected chi connectivity index (χ4v) is 3.96. The van der Waals surface area contributed by atoms with Crippen molar-refractivity contribution in [1.29, 1.82) is 0 Å². The molecule has 5 heteroatoms. The van der Waals surface area contributed by atoms with E-state index >= 15 is 0 Å². The average Bonchev–Trinajstić information content (AvgIpc) is 3.07. The molecule has 2 rings (SSSR count). The molecule has 116 valence electrons. The van der Waals surface area contributed by atoms with Crippen LogP contribution in [0.1, 0.15) is 36.2 Å². The van der Waals surface area contributed by atoms with Crippen LogP contribution >= 0.6 is 22.7 Å². The van der Waals surface area contributed by atoms with Gasteiger partial charge in [-0.15, -0.1) is 22.7 Å². The SMILES string of the molecule is CCc1nc(N(C)Cc2cccs2)sc1CNCC(C)C. The molecule has 0 aromatic carbocycles.